The molecular weight excluding hydrogens is 222 g/mol. The summed E-state index contributed by atoms with van der Waals surface area (Å²) in [6.07, 6.45) is 0. The van der Waals surface area contributed by atoms with Crippen LogP contribution in [-0.4, -0.2) is 0 Å². The summed E-state index contributed by atoms with van der Waals surface area (Å²) < 4.78 is 11.8. The van der Waals surface area contributed by atoms with E-state index < -0.39 is 18.8 Å². The summed E-state index contributed by atoms with van der Waals surface area (Å²) in [5.41, 5.74) is 0. The molecule has 0 atom stereocenters. The summed E-state index contributed by atoms with van der Waals surface area (Å²) in [4.78, 5) is 0. The van der Waals surface area contributed by atoms with Crippen LogP contribution < -0.4 is 2.43 Å². The van der Waals surface area contributed by atoms with Gasteiger partial charge in [-0.25, -0.2) is 0 Å². The van der Waals surface area contributed by atoms with E-state index in [1.54, 1.807) is 20.1 Å². The van der Waals surface area contributed by atoms with Crippen molar-refractivity contribution in [1.29, 1.82) is 0 Å². The Morgan fingerprint density at radius 3 is 2.25 bits per heavy atom. The van der Waals surface area contributed by atoms with E-state index in [1.165, 1.54) is 0 Å². The van der Waals surface area contributed by atoms with E-state index >= 15 is 0 Å². The molecule has 1 N–H and O–H groups in total. The van der Waals surface area contributed by atoms with Crippen molar-refractivity contribution in [1.82, 2.24) is 2.43 Å². The van der Waals surface area contributed by atoms with Crippen LogP contribution in [0.5, 0.6) is 0 Å². The van der Waals surface area contributed by atoms with Crippen LogP contribution >= 0.6 is 0 Å². The monoisotopic (exact) mass is 227 g/mol. The Labute approximate surface area is 44.7 Å². The minimum atomic E-state index is -1.01. The van der Waals surface area contributed by atoms with E-state index in [-0.39, 0.29) is 0 Å². The second kappa shape index (κ2) is 4.14. The Morgan fingerprint density at radius 2 is 2.25 bits per heavy atom. The molecule has 0 aliphatic heterocycles. The molecule has 0 amide bonds. The zero-order valence-corrected chi connectivity index (χ0v) is 5.74. The van der Waals surface area contributed by atoms with Gasteiger partial charge in [-0.15, -0.1) is 0 Å². The summed E-state index contributed by atoms with van der Waals surface area (Å²) in [5, 5.41) is 0. The van der Waals surface area contributed by atoms with Gasteiger partial charge in [0.15, 0.2) is 0 Å². The average Bonchev–Trinajstić information content (AvgIpc) is 1.37. The molecule has 0 heterocycles. The third kappa shape index (κ3) is 3.14. The van der Waals surface area contributed by atoms with Gasteiger partial charge in [-0.3, -0.25) is 0 Å². The van der Waals surface area contributed by atoms with Crippen LogP contribution in [0, 0.1) is 0 Å². The molecule has 4 heteroatoms. The molecule has 0 bridgehead atoms. The number of rotatable bonds is 1. The number of nitrogens with one attached hydrogen (secondary N) is 1. The van der Waals surface area contributed by atoms with Crippen LogP contribution in [0.25, 0.3) is 0 Å². The molecule has 0 aromatic rings. The first-order valence-electron chi connectivity index (χ1n) is 0.575. The fourth-order valence-electron chi connectivity index (χ4n) is 0. The minimum absolute atomic E-state index is 1.01. The maximum atomic E-state index is 9.32. The molecule has 0 aromatic heterocycles. The van der Waals surface area contributed by atoms with E-state index in [4.69, 9.17) is 0 Å². The molecule has 0 aromatic carbocycles. The molecule has 24 valence electrons. The Morgan fingerprint density at radius 1 is 2.00 bits per heavy atom. The van der Waals surface area contributed by atoms with E-state index in [2.05, 4.69) is 2.43 Å². The molecule has 0 saturated heterocycles. The van der Waals surface area contributed by atoms with Gasteiger partial charge in [0, 0.05) is 0 Å². The van der Waals surface area contributed by atoms with Crippen molar-refractivity contribution in [3.05, 3.63) is 0 Å². The topological polar surface area (TPSA) is 29.1 Å². The second-order valence-corrected chi connectivity index (χ2v) is 3.41. The van der Waals surface area contributed by atoms with Gasteiger partial charge in [-0.2, -0.15) is 0 Å². The summed E-state index contributed by atoms with van der Waals surface area (Å²) in [7, 11) is 0. The van der Waals surface area contributed by atoms with Gasteiger partial charge in [0.2, 0.25) is 0 Å². The first kappa shape index (κ1) is 5.14. The Hall–Kier alpha value is 1.14. The summed E-state index contributed by atoms with van der Waals surface area (Å²) in [6, 6.07) is 0. The molecule has 0 fully saturated rings. The van der Waals surface area contributed by atoms with Gasteiger partial charge in [-0.05, 0) is 0 Å². The van der Waals surface area contributed by atoms with Gasteiger partial charge in [0.25, 0.3) is 0 Å². The van der Waals surface area contributed by atoms with Crippen LogP contribution in [0.15, 0.2) is 0 Å². The molecule has 0 spiro atoms. The van der Waals surface area contributed by atoms with Gasteiger partial charge < -0.3 is 0 Å². The fraction of sp³-hybridized carbons (Fsp3) is 0. The first-order valence-corrected chi connectivity index (χ1v) is 3.40. The third-order valence-corrected chi connectivity index (χ3v) is 1.19. The fourth-order valence-corrected chi connectivity index (χ4v) is 0. The summed E-state index contributed by atoms with van der Waals surface area (Å²) >= 11 is 0.605. The van der Waals surface area contributed by atoms with E-state index in [0.29, 0.717) is 0 Å². The predicted octanol–water partition coefficient (Wildman–Crippen LogP) is -0.619. The van der Waals surface area contributed by atoms with Crippen molar-refractivity contribution in [2.75, 3.05) is 0 Å². The van der Waals surface area contributed by atoms with Crippen molar-refractivity contribution in [2.24, 2.45) is 0 Å². The number of hydrogen-bond donors (Lipinski definition) is 1. The summed E-state index contributed by atoms with van der Waals surface area (Å²) in [6.45, 7) is 0. The Kier molecular flexibility index (Phi) is 5.31. The molecule has 4 heavy (non-hydrogen) atoms. The molecule has 0 aliphatic rings. The zero-order valence-electron chi connectivity index (χ0n) is 1.72. The van der Waals surface area contributed by atoms with Crippen molar-refractivity contribution in [3.63, 3.8) is 0 Å². The third-order valence-electron chi connectivity index (χ3n) is 0.0340. The second-order valence-electron chi connectivity index (χ2n) is 0.167. The van der Waals surface area contributed by atoms with Crippen molar-refractivity contribution in [3.8, 4) is 0 Å². The van der Waals surface area contributed by atoms with E-state index in [0.717, 1.165) is 0 Å². The van der Waals surface area contributed by atoms with Crippen LogP contribution in [0.3, 0.4) is 0 Å². The molecule has 2 nitrogen and oxygen atoms in total. The van der Waals surface area contributed by atoms with Crippen LogP contribution in [0.4, 0.5) is 0 Å². The zero-order chi connectivity index (χ0) is 3.41. The normalized spacial score (nSPS) is 6.00. The van der Waals surface area contributed by atoms with Crippen LogP contribution in [-0.2, 0) is 42.2 Å². The van der Waals surface area contributed by atoms with Crippen LogP contribution in [0.2, 0.25) is 0 Å². The average molecular weight is 223 g/mol. The van der Waals surface area contributed by atoms with Crippen LogP contribution in [0.1, 0.15) is 0 Å². The predicted molar refractivity (Wildman–Crippen MR) is 3.82 cm³/mol. The van der Waals surface area contributed by atoms with Crippen molar-refractivity contribution in [2.45, 2.75) is 0 Å². The van der Waals surface area contributed by atoms with Gasteiger partial charge >= 0.3 is 44.7 Å². The van der Waals surface area contributed by atoms with Gasteiger partial charge in [-0.1, -0.05) is 0 Å². The van der Waals surface area contributed by atoms with Crippen molar-refractivity contribution >= 4 is 0 Å². The summed E-state index contributed by atoms with van der Waals surface area (Å²) in [5.74, 6) is 0. The molecular formula is HMo2NO. The van der Waals surface area contributed by atoms with Gasteiger partial charge in [0.1, 0.15) is 0 Å². The molecule has 0 aliphatic carbocycles. The van der Waals surface area contributed by atoms with Crippen molar-refractivity contribution < 1.29 is 42.2 Å². The molecule has 0 radical (unpaired) electrons. The van der Waals surface area contributed by atoms with E-state index in [9.17, 15) is 3.40 Å². The first-order chi connectivity index (χ1) is 1.91. The van der Waals surface area contributed by atoms with E-state index in [1.807, 2.05) is 0 Å². The standard InChI is InChI=1S/2Mo.HN.O/h;;1H;. The van der Waals surface area contributed by atoms with Gasteiger partial charge in [0.05, 0.1) is 0 Å². The molecule has 0 saturated carbocycles. The number of hydrogen-bond acceptors (Lipinski definition) is 1. The molecule has 0 rings (SSSR count). The quantitative estimate of drug-likeness (QED) is 0.600. The maximum absolute atomic E-state index is 9.32. The SMILES string of the molecule is [O]=[Mo][NH][Mo]. The Bertz CT molecular complexity index is 20.0. The Balaban J connectivity index is 2.30. The molecule has 0 unspecified atom stereocenters.